The molecule has 0 spiro atoms. The molecule has 154 valence electrons. The standard InChI is InChI=1S/C33H22/c1-2-10-22(11-3-1)25(20-23-12-8-18-30-26-14-4-6-16-28(26)32(23)30)21-24-13-9-19-31-27-15-5-7-17-29(27)33(24)31/h1-20H,21H2. The first kappa shape index (κ1) is 18.4. The van der Waals surface area contributed by atoms with E-state index in [0.717, 1.165) is 6.42 Å². The normalized spacial score (nSPS) is 12.5. The molecule has 0 saturated carbocycles. The lowest BCUT2D eigenvalue weighted by atomic mass is 9.76. The van der Waals surface area contributed by atoms with Crippen molar-refractivity contribution in [2.45, 2.75) is 6.42 Å². The molecule has 0 saturated heterocycles. The van der Waals surface area contributed by atoms with Gasteiger partial charge in [0.1, 0.15) is 0 Å². The van der Waals surface area contributed by atoms with Gasteiger partial charge < -0.3 is 0 Å². The average molecular weight is 419 g/mol. The van der Waals surface area contributed by atoms with E-state index in [4.69, 9.17) is 0 Å². The molecule has 0 atom stereocenters. The van der Waals surface area contributed by atoms with E-state index in [2.05, 4.69) is 121 Å². The molecule has 0 nitrogen and oxygen atoms in total. The second kappa shape index (κ2) is 7.18. The highest BCUT2D eigenvalue weighted by Crippen LogP contribution is 2.51. The van der Waals surface area contributed by atoms with Crippen molar-refractivity contribution in [3.05, 3.63) is 132 Å². The lowest BCUT2D eigenvalue weighted by molar-refractivity contribution is 1.27. The summed E-state index contributed by atoms with van der Waals surface area (Å²) in [7, 11) is 0. The number of hydrogen-bond acceptors (Lipinski definition) is 0. The van der Waals surface area contributed by atoms with E-state index in [9.17, 15) is 0 Å². The first-order valence-corrected chi connectivity index (χ1v) is 11.6. The Morgan fingerprint density at radius 1 is 0.455 bits per heavy atom. The summed E-state index contributed by atoms with van der Waals surface area (Å²) >= 11 is 0. The monoisotopic (exact) mass is 418 g/mol. The molecule has 0 heteroatoms. The fourth-order valence-corrected chi connectivity index (χ4v) is 5.53. The Kier molecular flexibility index (Phi) is 4.01. The summed E-state index contributed by atoms with van der Waals surface area (Å²) in [6, 6.07) is 41.8. The van der Waals surface area contributed by atoms with E-state index in [0.29, 0.717) is 0 Å². The SMILES string of the molecule is C(=C(Cc1cccc2c1-c1ccccc1-2)c1ccccc1)c1cccc2c1-c1ccccc1-2. The Bertz CT molecular complexity index is 1570. The molecule has 2 aliphatic rings. The number of fused-ring (bicyclic) bond motifs is 8. The van der Waals surface area contributed by atoms with Gasteiger partial charge in [-0.1, -0.05) is 121 Å². The van der Waals surface area contributed by atoms with Crippen LogP contribution in [0.3, 0.4) is 0 Å². The summed E-state index contributed by atoms with van der Waals surface area (Å²) in [5.74, 6) is 0. The molecule has 0 aromatic heterocycles. The molecule has 5 aromatic carbocycles. The third kappa shape index (κ3) is 2.78. The van der Waals surface area contributed by atoms with Crippen LogP contribution in [0.1, 0.15) is 16.7 Å². The van der Waals surface area contributed by atoms with Crippen LogP contribution in [0.5, 0.6) is 0 Å². The summed E-state index contributed by atoms with van der Waals surface area (Å²) in [6.07, 6.45) is 3.32. The molecule has 0 radical (unpaired) electrons. The Hall–Kier alpha value is -4.16. The highest BCUT2D eigenvalue weighted by Gasteiger charge is 2.26. The van der Waals surface area contributed by atoms with Crippen molar-refractivity contribution in [3.8, 4) is 44.5 Å². The van der Waals surface area contributed by atoms with Crippen LogP contribution in [0.2, 0.25) is 0 Å². The second-order valence-electron chi connectivity index (χ2n) is 8.91. The molecule has 0 amide bonds. The quantitative estimate of drug-likeness (QED) is 0.251. The van der Waals surface area contributed by atoms with Gasteiger partial charge in [0.2, 0.25) is 0 Å². The maximum absolute atomic E-state index is 2.41. The van der Waals surface area contributed by atoms with Crippen molar-refractivity contribution in [2.24, 2.45) is 0 Å². The summed E-state index contributed by atoms with van der Waals surface area (Å²) in [5, 5.41) is 0. The summed E-state index contributed by atoms with van der Waals surface area (Å²) in [5.41, 5.74) is 16.4. The largest absolute Gasteiger partial charge is 0.0622 e. The lowest BCUT2D eigenvalue weighted by Crippen LogP contribution is -2.04. The van der Waals surface area contributed by atoms with Crippen LogP contribution in [0.15, 0.2) is 115 Å². The van der Waals surface area contributed by atoms with Gasteiger partial charge in [-0.15, -0.1) is 0 Å². The molecular formula is C33H22. The van der Waals surface area contributed by atoms with Gasteiger partial charge in [-0.05, 0) is 73.2 Å². The highest BCUT2D eigenvalue weighted by molar-refractivity contribution is 6.07. The van der Waals surface area contributed by atoms with Gasteiger partial charge in [0.05, 0.1) is 0 Å². The van der Waals surface area contributed by atoms with Crippen molar-refractivity contribution in [3.63, 3.8) is 0 Å². The van der Waals surface area contributed by atoms with Gasteiger partial charge in [0.25, 0.3) is 0 Å². The molecule has 0 N–H and O–H groups in total. The smallest absolute Gasteiger partial charge is 0.00132 e. The lowest BCUT2D eigenvalue weighted by Gasteiger charge is -2.28. The zero-order valence-electron chi connectivity index (χ0n) is 18.3. The first-order chi connectivity index (χ1) is 16.4. The van der Waals surface area contributed by atoms with E-state index in [1.165, 1.54) is 66.8 Å². The zero-order chi connectivity index (χ0) is 21.8. The van der Waals surface area contributed by atoms with Crippen molar-refractivity contribution >= 4 is 11.6 Å². The minimum Gasteiger partial charge on any atom is -0.0622 e. The maximum atomic E-state index is 2.41. The number of rotatable bonds is 4. The Morgan fingerprint density at radius 3 is 1.73 bits per heavy atom. The first-order valence-electron chi connectivity index (χ1n) is 11.6. The van der Waals surface area contributed by atoms with Gasteiger partial charge in [-0.3, -0.25) is 0 Å². The molecule has 0 unspecified atom stereocenters. The minimum absolute atomic E-state index is 0.910. The predicted molar refractivity (Wildman–Crippen MR) is 140 cm³/mol. The van der Waals surface area contributed by atoms with Gasteiger partial charge in [-0.25, -0.2) is 0 Å². The second-order valence-corrected chi connectivity index (χ2v) is 8.91. The summed E-state index contributed by atoms with van der Waals surface area (Å²) in [4.78, 5) is 0. The summed E-state index contributed by atoms with van der Waals surface area (Å²) in [6.45, 7) is 0. The molecule has 0 heterocycles. The molecule has 2 aliphatic carbocycles. The molecular weight excluding hydrogens is 396 g/mol. The Balaban J connectivity index is 1.35. The predicted octanol–water partition coefficient (Wildman–Crippen LogP) is 8.76. The highest BCUT2D eigenvalue weighted by atomic mass is 14.3. The average Bonchev–Trinajstić information content (AvgIpc) is 2.85. The van der Waals surface area contributed by atoms with Crippen LogP contribution in [-0.4, -0.2) is 0 Å². The van der Waals surface area contributed by atoms with E-state index < -0.39 is 0 Å². The fraction of sp³-hybridized carbons (Fsp3) is 0.0303. The molecule has 5 aromatic rings. The zero-order valence-corrected chi connectivity index (χ0v) is 18.3. The van der Waals surface area contributed by atoms with Gasteiger partial charge >= 0.3 is 0 Å². The minimum atomic E-state index is 0.910. The fourth-order valence-electron chi connectivity index (χ4n) is 5.53. The van der Waals surface area contributed by atoms with Crippen molar-refractivity contribution in [1.82, 2.24) is 0 Å². The summed E-state index contributed by atoms with van der Waals surface area (Å²) < 4.78 is 0. The third-order valence-electron chi connectivity index (χ3n) is 7.08. The maximum Gasteiger partial charge on any atom is -0.00132 e. The van der Waals surface area contributed by atoms with Crippen LogP contribution >= 0.6 is 0 Å². The van der Waals surface area contributed by atoms with Crippen LogP contribution in [-0.2, 0) is 6.42 Å². The van der Waals surface area contributed by atoms with Crippen LogP contribution in [0, 0.1) is 0 Å². The number of benzene rings is 5. The Labute approximate surface area is 194 Å². The number of allylic oxidation sites excluding steroid dienone is 1. The molecule has 0 bridgehead atoms. The van der Waals surface area contributed by atoms with Crippen molar-refractivity contribution < 1.29 is 0 Å². The van der Waals surface area contributed by atoms with E-state index in [1.807, 2.05) is 0 Å². The third-order valence-corrected chi connectivity index (χ3v) is 7.08. The Morgan fingerprint density at radius 2 is 1.00 bits per heavy atom. The van der Waals surface area contributed by atoms with E-state index in [-0.39, 0.29) is 0 Å². The molecule has 7 rings (SSSR count). The topological polar surface area (TPSA) is 0 Å². The van der Waals surface area contributed by atoms with Gasteiger partial charge in [0.15, 0.2) is 0 Å². The van der Waals surface area contributed by atoms with Crippen LogP contribution < -0.4 is 0 Å². The van der Waals surface area contributed by atoms with E-state index in [1.54, 1.807) is 0 Å². The van der Waals surface area contributed by atoms with Gasteiger partial charge in [0, 0.05) is 0 Å². The number of hydrogen-bond donors (Lipinski definition) is 0. The van der Waals surface area contributed by atoms with Crippen molar-refractivity contribution in [1.29, 1.82) is 0 Å². The van der Waals surface area contributed by atoms with Gasteiger partial charge in [-0.2, -0.15) is 0 Å². The molecule has 33 heavy (non-hydrogen) atoms. The molecule has 0 aliphatic heterocycles. The van der Waals surface area contributed by atoms with Crippen molar-refractivity contribution in [2.75, 3.05) is 0 Å². The van der Waals surface area contributed by atoms with E-state index >= 15 is 0 Å². The van der Waals surface area contributed by atoms with Crippen LogP contribution in [0.4, 0.5) is 0 Å². The molecule has 0 fully saturated rings. The van der Waals surface area contributed by atoms with Crippen LogP contribution in [0.25, 0.3) is 56.2 Å².